The van der Waals surface area contributed by atoms with Crippen molar-refractivity contribution in [2.45, 2.75) is 45.2 Å². The summed E-state index contributed by atoms with van der Waals surface area (Å²) in [4.78, 5) is 11.6. The first-order valence-corrected chi connectivity index (χ1v) is 5.49. The van der Waals surface area contributed by atoms with Crippen molar-refractivity contribution in [2.24, 2.45) is 5.92 Å². The number of esters is 1. The molecule has 0 aromatic rings. The fraction of sp³-hybridized carbons (Fsp3) is 0.900. The van der Waals surface area contributed by atoms with Crippen LogP contribution in [-0.4, -0.2) is 33.4 Å². The van der Waals surface area contributed by atoms with Crippen LogP contribution in [0.25, 0.3) is 0 Å². The molecule has 1 unspecified atom stereocenters. The summed E-state index contributed by atoms with van der Waals surface area (Å²) in [5.74, 6) is -0.698. The van der Waals surface area contributed by atoms with Gasteiger partial charge in [-0.15, -0.1) is 0 Å². The summed E-state index contributed by atoms with van der Waals surface area (Å²) in [7, 11) is 0. The van der Waals surface area contributed by atoms with Crippen LogP contribution >= 0.6 is 11.6 Å². The smallest absolute Gasteiger partial charge is 0.312 e. The first kappa shape index (κ1) is 12.7. The Kier molecular flexibility index (Phi) is 3.33. The highest BCUT2D eigenvalue weighted by molar-refractivity contribution is 6.17. The Balaban J connectivity index is 2.89. The zero-order valence-corrected chi connectivity index (χ0v) is 10.3. The standard InChI is InChI=1S/C10H18ClNO3/c1-9(2)5-7(8(13)15-6-11)10(3,4)12(9)14/h7,14H,5-6H2,1-4H3. The third kappa shape index (κ3) is 2.12. The Hall–Kier alpha value is -0.320. The molecule has 5 heteroatoms. The number of alkyl halides is 1. The van der Waals surface area contributed by atoms with Crippen LogP contribution in [-0.2, 0) is 9.53 Å². The van der Waals surface area contributed by atoms with Gasteiger partial charge in [0.2, 0.25) is 0 Å². The lowest BCUT2D eigenvalue weighted by Gasteiger charge is -2.35. The fourth-order valence-corrected chi connectivity index (χ4v) is 2.40. The molecule has 0 aromatic heterocycles. The number of carbonyl (C=O) groups is 1. The molecule has 0 spiro atoms. The Morgan fingerprint density at radius 1 is 1.53 bits per heavy atom. The van der Waals surface area contributed by atoms with E-state index in [-0.39, 0.29) is 18.0 Å². The van der Waals surface area contributed by atoms with E-state index in [1.165, 1.54) is 5.06 Å². The third-order valence-electron chi connectivity index (χ3n) is 3.16. The Bertz CT molecular complexity index is 265. The van der Waals surface area contributed by atoms with Gasteiger partial charge in [-0.25, -0.2) is 0 Å². The van der Waals surface area contributed by atoms with E-state index >= 15 is 0 Å². The largest absolute Gasteiger partial charge is 0.449 e. The van der Waals surface area contributed by atoms with Gasteiger partial charge in [0.25, 0.3) is 0 Å². The second-order valence-corrected chi connectivity index (χ2v) is 5.33. The van der Waals surface area contributed by atoms with E-state index in [0.29, 0.717) is 6.42 Å². The molecule has 1 aliphatic heterocycles. The molecule has 15 heavy (non-hydrogen) atoms. The predicted molar refractivity (Wildman–Crippen MR) is 56.7 cm³/mol. The van der Waals surface area contributed by atoms with Crippen LogP contribution in [0.3, 0.4) is 0 Å². The molecule has 1 aliphatic rings. The Morgan fingerprint density at radius 2 is 2.07 bits per heavy atom. The highest BCUT2D eigenvalue weighted by Gasteiger charge is 2.54. The second-order valence-electron chi connectivity index (χ2n) is 5.11. The van der Waals surface area contributed by atoms with E-state index < -0.39 is 11.1 Å². The molecular formula is C10H18ClNO3. The molecule has 4 nitrogen and oxygen atoms in total. The maximum absolute atomic E-state index is 11.6. The molecule has 0 bridgehead atoms. The van der Waals surface area contributed by atoms with Gasteiger partial charge in [0.1, 0.15) is 0 Å². The second kappa shape index (κ2) is 3.92. The van der Waals surface area contributed by atoms with E-state index in [9.17, 15) is 10.0 Å². The highest BCUT2D eigenvalue weighted by Crippen LogP contribution is 2.43. The predicted octanol–water partition coefficient (Wildman–Crippen LogP) is 1.99. The van der Waals surface area contributed by atoms with Crippen molar-refractivity contribution >= 4 is 17.6 Å². The lowest BCUT2D eigenvalue weighted by Crippen LogP contribution is -2.48. The van der Waals surface area contributed by atoms with Gasteiger partial charge in [-0.3, -0.25) is 4.79 Å². The van der Waals surface area contributed by atoms with Gasteiger partial charge in [0, 0.05) is 5.54 Å². The SMILES string of the molecule is CC1(C)CC(C(=O)OCCl)C(C)(C)N1O. The molecule has 1 rings (SSSR count). The van der Waals surface area contributed by atoms with Crippen molar-refractivity contribution in [1.29, 1.82) is 0 Å². The van der Waals surface area contributed by atoms with Crippen molar-refractivity contribution < 1.29 is 14.7 Å². The summed E-state index contributed by atoms with van der Waals surface area (Å²) in [6, 6.07) is -0.142. The summed E-state index contributed by atoms with van der Waals surface area (Å²) in [6.45, 7) is 7.43. The average Bonchev–Trinajstić information content (AvgIpc) is 2.27. The van der Waals surface area contributed by atoms with Crippen molar-refractivity contribution in [3.05, 3.63) is 0 Å². The van der Waals surface area contributed by atoms with Crippen molar-refractivity contribution in [1.82, 2.24) is 5.06 Å². The van der Waals surface area contributed by atoms with Crippen LogP contribution in [0.2, 0.25) is 0 Å². The van der Waals surface area contributed by atoms with Gasteiger partial charge in [0.05, 0.1) is 11.5 Å². The topological polar surface area (TPSA) is 49.8 Å². The van der Waals surface area contributed by atoms with Gasteiger partial charge in [-0.1, -0.05) is 11.6 Å². The van der Waals surface area contributed by atoms with E-state index in [1.54, 1.807) is 0 Å². The van der Waals surface area contributed by atoms with Crippen LogP contribution in [0.4, 0.5) is 0 Å². The van der Waals surface area contributed by atoms with Crippen molar-refractivity contribution in [2.75, 3.05) is 6.07 Å². The molecule has 0 aliphatic carbocycles. The van der Waals surface area contributed by atoms with E-state index in [0.717, 1.165) is 0 Å². The van der Waals surface area contributed by atoms with Gasteiger partial charge >= 0.3 is 5.97 Å². The molecule has 0 saturated carbocycles. The van der Waals surface area contributed by atoms with Crippen LogP contribution in [0.1, 0.15) is 34.1 Å². The number of carbonyl (C=O) groups excluding carboxylic acids is 1. The number of hydroxylamine groups is 2. The van der Waals surface area contributed by atoms with E-state index in [4.69, 9.17) is 16.3 Å². The summed E-state index contributed by atoms with van der Waals surface area (Å²) in [5, 5.41) is 11.2. The number of hydrogen-bond acceptors (Lipinski definition) is 4. The number of hydrogen-bond donors (Lipinski definition) is 1. The fourth-order valence-electron chi connectivity index (χ4n) is 2.29. The van der Waals surface area contributed by atoms with Gasteiger partial charge in [-0.05, 0) is 34.1 Å². The summed E-state index contributed by atoms with van der Waals surface area (Å²) in [6.07, 6.45) is 0.562. The minimum absolute atomic E-state index is 0.142. The Morgan fingerprint density at radius 3 is 2.40 bits per heavy atom. The quantitative estimate of drug-likeness (QED) is 0.588. The van der Waals surface area contributed by atoms with Crippen LogP contribution in [0.5, 0.6) is 0 Å². The zero-order valence-electron chi connectivity index (χ0n) is 9.58. The lowest BCUT2D eigenvalue weighted by atomic mass is 9.87. The highest BCUT2D eigenvalue weighted by atomic mass is 35.5. The molecular weight excluding hydrogens is 218 g/mol. The van der Waals surface area contributed by atoms with Crippen molar-refractivity contribution in [3.63, 3.8) is 0 Å². The van der Waals surface area contributed by atoms with Gasteiger partial charge in [-0.2, -0.15) is 5.06 Å². The lowest BCUT2D eigenvalue weighted by molar-refractivity contribution is -0.199. The van der Waals surface area contributed by atoms with Crippen LogP contribution in [0, 0.1) is 5.92 Å². The molecule has 1 N–H and O–H groups in total. The van der Waals surface area contributed by atoms with Gasteiger partial charge in [0.15, 0.2) is 6.07 Å². The molecule has 88 valence electrons. The molecule has 1 heterocycles. The maximum Gasteiger partial charge on any atom is 0.312 e. The van der Waals surface area contributed by atoms with E-state index in [2.05, 4.69) is 0 Å². The molecule has 1 saturated heterocycles. The molecule has 0 aromatic carbocycles. The number of ether oxygens (including phenoxy) is 1. The monoisotopic (exact) mass is 235 g/mol. The normalized spacial score (nSPS) is 29.1. The number of rotatable bonds is 2. The third-order valence-corrected chi connectivity index (χ3v) is 3.27. The summed E-state index contributed by atoms with van der Waals surface area (Å²) in [5.41, 5.74) is -1.04. The first-order valence-electron chi connectivity index (χ1n) is 4.95. The van der Waals surface area contributed by atoms with Crippen LogP contribution < -0.4 is 0 Å². The number of halogens is 1. The van der Waals surface area contributed by atoms with Gasteiger partial charge < -0.3 is 9.94 Å². The first-order chi connectivity index (χ1) is 6.73. The number of nitrogens with zero attached hydrogens (tertiary/aromatic N) is 1. The maximum atomic E-state index is 11.6. The zero-order chi connectivity index (χ0) is 11.9. The average molecular weight is 236 g/mol. The minimum atomic E-state index is -0.618. The molecule has 0 radical (unpaired) electrons. The van der Waals surface area contributed by atoms with Crippen LogP contribution in [0.15, 0.2) is 0 Å². The Labute approximate surface area is 95.1 Å². The summed E-state index contributed by atoms with van der Waals surface area (Å²) < 4.78 is 4.79. The molecule has 0 amide bonds. The minimum Gasteiger partial charge on any atom is -0.449 e. The van der Waals surface area contributed by atoms with Crippen molar-refractivity contribution in [3.8, 4) is 0 Å². The molecule has 1 fully saturated rings. The molecule has 1 atom stereocenters. The van der Waals surface area contributed by atoms with E-state index in [1.807, 2.05) is 27.7 Å². The summed E-state index contributed by atoms with van der Waals surface area (Å²) >= 11 is 5.36.